The molecule has 0 fully saturated rings. The Morgan fingerprint density at radius 3 is 2.68 bits per heavy atom. The number of nitrogens with one attached hydrogen (secondary N) is 1. The number of fused-ring (bicyclic) bond motifs is 1. The number of unbranched alkanes of at least 4 members (excludes halogenated alkanes) is 5. The standard InChI is InChI=1S/C17H25N3OS/c1-3-4-5-6-7-8-13-16(21)18-19-17-20(2)14-11-9-10-12-15(14)22-17/h9-12H,3-8,13H2,1-2H3,(H,18,21)/b19-17-. The van der Waals surface area contributed by atoms with E-state index in [1.165, 1.54) is 30.4 Å². The second-order valence-corrected chi connectivity index (χ2v) is 6.59. The lowest BCUT2D eigenvalue weighted by molar-refractivity contribution is -0.121. The van der Waals surface area contributed by atoms with Gasteiger partial charge in [-0.05, 0) is 18.6 Å². The summed E-state index contributed by atoms with van der Waals surface area (Å²) in [5, 5.41) is 4.25. The van der Waals surface area contributed by atoms with Gasteiger partial charge in [0.15, 0.2) is 0 Å². The predicted molar refractivity (Wildman–Crippen MR) is 92.5 cm³/mol. The van der Waals surface area contributed by atoms with E-state index < -0.39 is 0 Å². The molecule has 22 heavy (non-hydrogen) atoms. The van der Waals surface area contributed by atoms with Crippen LogP contribution in [0.3, 0.4) is 0 Å². The fraction of sp³-hybridized carbons (Fsp3) is 0.529. The molecule has 1 N–H and O–H groups in total. The van der Waals surface area contributed by atoms with Gasteiger partial charge < -0.3 is 4.57 Å². The van der Waals surface area contributed by atoms with Crippen LogP contribution in [0.15, 0.2) is 29.4 Å². The molecule has 0 atom stereocenters. The predicted octanol–water partition coefficient (Wildman–Crippen LogP) is 3.92. The Hall–Kier alpha value is -1.62. The van der Waals surface area contributed by atoms with Crippen molar-refractivity contribution in [3.8, 4) is 0 Å². The van der Waals surface area contributed by atoms with Crippen LogP contribution < -0.4 is 10.2 Å². The summed E-state index contributed by atoms with van der Waals surface area (Å²) in [5.74, 6) is 0.00736. The molecule has 0 aliphatic heterocycles. The van der Waals surface area contributed by atoms with Crippen LogP contribution >= 0.6 is 11.3 Å². The summed E-state index contributed by atoms with van der Waals surface area (Å²) < 4.78 is 3.18. The number of carbonyl (C=O) groups excluding carboxylic acids is 1. The maximum absolute atomic E-state index is 11.8. The molecule has 1 aromatic carbocycles. The van der Waals surface area contributed by atoms with Crippen molar-refractivity contribution in [1.82, 2.24) is 9.99 Å². The maximum atomic E-state index is 11.8. The largest absolute Gasteiger partial charge is 0.318 e. The minimum absolute atomic E-state index is 0.00736. The summed E-state index contributed by atoms with van der Waals surface area (Å²) >= 11 is 1.58. The van der Waals surface area contributed by atoms with E-state index in [0.717, 1.165) is 23.2 Å². The van der Waals surface area contributed by atoms with Gasteiger partial charge >= 0.3 is 0 Å². The molecule has 1 heterocycles. The number of amides is 1. The number of para-hydroxylation sites is 1. The van der Waals surface area contributed by atoms with Crippen molar-refractivity contribution in [3.63, 3.8) is 0 Å². The third-order valence-electron chi connectivity index (χ3n) is 3.75. The van der Waals surface area contributed by atoms with E-state index in [0.29, 0.717) is 6.42 Å². The number of nitrogens with zero attached hydrogens (tertiary/aromatic N) is 2. The SMILES string of the molecule is CCCCCCCCC(=O)N/N=c1\sc2ccccc2n1C. The van der Waals surface area contributed by atoms with Gasteiger partial charge in [0.25, 0.3) is 0 Å². The molecule has 0 radical (unpaired) electrons. The lowest BCUT2D eigenvalue weighted by atomic mass is 10.1. The number of carbonyl (C=O) groups is 1. The highest BCUT2D eigenvalue weighted by Crippen LogP contribution is 2.14. The Morgan fingerprint density at radius 2 is 1.91 bits per heavy atom. The fourth-order valence-corrected chi connectivity index (χ4v) is 3.40. The van der Waals surface area contributed by atoms with Crippen LogP contribution in [0.1, 0.15) is 51.9 Å². The van der Waals surface area contributed by atoms with Crippen LogP contribution in [0.5, 0.6) is 0 Å². The van der Waals surface area contributed by atoms with Crippen molar-refractivity contribution < 1.29 is 4.79 Å². The molecule has 0 saturated carbocycles. The molecule has 0 bridgehead atoms. The number of thiazole rings is 1. The molecule has 0 spiro atoms. The topological polar surface area (TPSA) is 46.4 Å². The zero-order valence-corrected chi connectivity index (χ0v) is 14.3. The molecule has 1 aromatic heterocycles. The number of hydrogen-bond acceptors (Lipinski definition) is 3. The normalized spacial score (nSPS) is 12.0. The van der Waals surface area contributed by atoms with Gasteiger partial charge in [0.2, 0.25) is 10.7 Å². The second kappa shape index (κ2) is 8.73. The van der Waals surface area contributed by atoms with Gasteiger partial charge in [-0.2, -0.15) is 0 Å². The van der Waals surface area contributed by atoms with Gasteiger partial charge in [-0.25, -0.2) is 5.43 Å². The number of hydrogen-bond donors (Lipinski definition) is 1. The van der Waals surface area contributed by atoms with Crippen molar-refractivity contribution >= 4 is 27.5 Å². The summed E-state index contributed by atoms with van der Waals surface area (Å²) in [5.41, 5.74) is 3.81. The second-order valence-electron chi connectivity index (χ2n) is 5.58. The van der Waals surface area contributed by atoms with Crippen molar-refractivity contribution in [1.29, 1.82) is 0 Å². The van der Waals surface area contributed by atoms with Gasteiger partial charge in [0, 0.05) is 13.5 Å². The first kappa shape index (κ1) is 16.7. The smallest absolute Gasteiger partial charge is 0.240 e. The Balaban J connectivity index is 1.82. The lowest BCUT2D eigenvalue weighted by Crippen LogP contribution is -2.22. The average Bonchev–Trinajstić information content (AvgIpc) is 2.85. The molecule has 4 nitrogen and oxygen atoms in total. The Labute approximate surface area is 135 Å². The summed E-state index contributed by atoms with van der Waals surface area (Å²) in [7, 11) is 1.97. The highest BCUT2D eigenvalue weighted by atomic mass is 32.1. The molecule has 120 valence electrons. The van der Waals surface area contributed by atoms with Crippen LogP contribution in [0, 0.1) is 0 Å². The molecule has 0 aliphatic rings. The van der Waals surface area contributed by atoms with Crippen molar-refractivity contribution in [2.45, 2.75) is 51.9 Å². The third-order valence-corrected chi connectivity index (χ3v) is 4.86. The van der Waals surface area contributed by atoms with Gasteiger partial charge in [-0.15, -0.1) is 5.10 Å². The fourth-order valence-electron chi connectivity index (χ4n) is 2.42. The van der Waals surface area contributed by atoms with Crippen molar-refractivity contribution in [2.24, 2.45) is 12.1 Å². The van der Waals surface area contributed by atoms with Crippen molar-refractivity contribution in [3.05, 3.63) is 29.1 Å². The van der Waals surface area contributed by atoms with Gasteiger partial charge in [0.1, 0.15) is 0 Å². The zero-order chi connectivity index (χ0) is 15.8. The van der Waals surface area contributed by atoms with Gasteiger partial charge in [0.05, 0.1) is 10.2 Å². The molecule has 2 rings (SSSR count). The molecular formula is C17H25N3OS. The number of benzene rings is 1. The van der Waals surface area contributed by atoms with Crippen LogP contribution in [0.4, 0.5) is 0 Å². The van der Waals surface area contributed by atoms with E-state index in [4.69, 9.17) is 0 Å². The average molecular weight is 319 g/mol. The van der Waals surface area contributed by atoms with Crippen LogP contribution in [-0.2, 0) is 11.8 Å². The minimum Gasteiger partial charge on any atom is -0.318 e. The van der Waals surface area contributed by atoms with Crippen LogP contribution in [-0.4, -0.2) is 10.5 Å². The molecule has 0 unspecified atom stereocenters. The highest BCUT2D eigenvalue weighted by molar-refractivity contribution is 7.16. The van der Waals surface area contributed by atoms with E-state index >= 15 is 0 Å². The Kier molecular flexibility index (Phi) is 6.65. The maximum Gasteiger partial charge on any atom is 0.240 e. The third kappa shape index (κ3) is 4.70. The summed E-state index contributed by atoms with van der Waals surface area (Å²) in [4.78, 5) is 12.6. The first-order chi connectivity index (χ1) is 10.7. The van der Waals surface area contributed by atoms with Gasteiger partial charge in [-0.3, -0.25) is 4.79 Å². The quantitative estimate of drug-likeness (QED) is 0.582. The van der Waals surface area contributed by atoms with Crippen molar-refractivity contribution in [2.75, 3.05) is 0 Å². The Bertz CT molecular complexity index is 672. The van der Waals surface area contributed by atoms with E-state index in [-0.39, 0.29) is 5.91 Å². The first-order valence-electron chi connectivity index (χ1n) is 8.09. The molecular weight excluding hydrogens is 294 g/mol. The lowest BCUT2D eigenvalue weighted by Gasteiger charge is -2.00. The molecule has 0 saturated heterocycles. The molecule has 0 aliphatic carbocycles. The van der Waals surface area contributed by atoms with Crippen LogP contribution in [0.2, 0.25) is 0 Å². The Morgan fingerprint density at radius 1 is 1.18 bits per heavy atom. The summed E-state index contributed by atoms with van der Waals surface area (Å²) in [6.07, 6.45) is 7.69. The van der Waals surface area contributed by atoms with E-state index in [2.05, 4.69) is 29.6 Å². The first-order valence-corrected chi connectivity index (χ1v) is 8.91. The summed E-state index contributed by atoms with van der Waals surface area (Å²) in [6, 6.07) is 8.15. The van der Waals surface area contributed by atoms with E-state index in [9.17, 15) is 4.79 Å². The van der Waals surface area contributed by atoms with Crippen LogP contribution in [0.25, 0.3) is 10.2 Å². The minimum atomic E-state index is 0.00736. The molecule has 1 amide bonds. The highest BCUT2D eigenvalue weighted by Gasteiger charge is 2.03. The molecule has 5 heteroatoms. The van der Waals surface area contributed by atoms with Gasteiger partial charge in [-0.1, -0.05) is 62.5 Å². The zero-order valence-electron chi connectivity index (χ0n) is 13.5. The summed E-state index contributed by atoms with van der Waals surface area (Å²) in [6.45, 7) is 2.21. The number of aryl methyl sites for hydroxylation is 1. The number of aromatic nitrogens is 1. The van der Waals surface area contributed by atoms with E-state index in [1.807, 2.05) is 23.7 Å². The molecule has 2 aromatic rings. The monoisotopic (exact) mass is 319 g/mol. The van der Waals surface area contributed by atoms with E-state index in [1.54, 1.807) is 11.3 Å². The number of rotatable bonds is 8.